The minimum Gasteiger partial charge on any atom is -0.208 e. The van der Waals surface area contributed by atoms with E-state index in [9.17, 15) is 0 Å². The average molecular weight is 794 g/mol. The fraction of sp³-hybridized carbons (Fsp3) is 0.0339. The second-order valence-electron chi connectivity index (χ2n) is 15.6. The molecule has 11 rings (SSSR count). The second kappa shape index (κ2) is 16.6. The van der Waals surface area contributed by atoms with Gasteiger partial charge in [0.1, 0.15) is 0 Å². The van der Waals surface area contributed by atoms with E-state index in [0.29, 0.717) is 17.5 Å². The van der Waals surface area contributed by atoms with Crippen molar-refractivity contribution in [1.82, 2.24) is 15.0 Å². The van der Waals surface area contributed by atoms with Gasteiger partial charge in [0.15, 0.2) is 17.5 Å². The van der Waals surface area contributed by atoms with E-state index in [1.807, 2.05) is 24.3 Å². The summed E-state index contributed by atoms with van der Waals surface area (Å²) in [7, 11) is 0. The Hall–Kier alpha value is -8.01. The summed E-state index contributed by atoms with van der Waals surface area (Å²) in [5.41, 5.74) is 19.9. The Labute approximate surface area is 363 Å². The van der Waals surface area contributed by atoms with E-state index in [0.717, 1.165) is 50.9 Å². The van der Waals surface area contributed by atoms with Gasteiger partial charge in [0, 0.05) is 16.7 Å². The molecule has 1 aliphatic carbocycles. The summed E-state index contributed by atoms with van der Waals surface area (Å²) in [5, 5.41) is 0. The van der Waals surface area contributed by atoms with E-state index < -0.39 is 0 Å². The number of hydrogen-bond donors (Lipinski definition) is 0. The monoisotopic (exact) mass is 793 g/mol. The third kappa shape index (κ3) is 7.31. The molecule has 0 fully saturated rings. The van der Waals surface area contributed by atoms with Gasteiger partial charge in [-0.1, -0.05) is 208 Å². The fourth-order valence-electron chi connectivity index (χ4n) is 8.78. The lowest BCUT2D eigenvalue weighted by Gasteiger charge is -2.15. The van der Waals surface area contributed by atoms with Crippen molar-refractivity contribution >= 4 is 0 Å². The van der Waals surface area contributed by atoms with Crippen LogP contribution in [0.1, 0.15) is 18.6 Å². The van der Waals surface area contributed by atoms with Gasteiger partial charge >= 0.3 is 0 Å². The van der Waals surface area contributed by atoms with Gasteiger partial charge < -0.3 is 0 Å². The summed E-state index contributed by atoms with van der Waals surface area (Å²) in [4.78, 5) is 15.6. The van der Waals surface area contributed by atoms with Crippen molar-refractivity contribution in [2.45, 2.75) is 13.8 Å². The molecule has 0 saturated heterocycles. The maximum absolute atomic E-state index is 5.26. The molecule has 0 atom stereocenters. The molecule has 62 heavy (non-hydrogen) atoms. The van der Waals surface area contributed by atoms with E-state index in [1.165, 1.54) is 50.1 Å². The highest BCUT2D eigenvalue weighted by Gasteiger charge is 2.25. The second-order valence-corrected chi connectivity index (χ2v) is 15.6. The SMILES string of the molecule is C.c1ccc(-c2ccc(-c3cccc4c3Cc3c(-c5cc(-c6ccccc6)cc(-c6nc(-c7ccccc7)nc(-c7cccc(-c8ccccc8)c7)n6)c5)cccc3-4)cc2)cc1. The minimum absolute atomic E-state index is 0. The first kappa shape index (κ1) is 38.2. The molecular weight excluding hydrogens is 751 g/mol. The number of fused-ring (bicyclic) bond motifs is 3. The van der Waals surface area contributed by atoms with Gasteiger partial charge in [0.2, 0.25) is 0 Å². The lowest BCUT2D eigenvalue weighted by atomic mass is 9.91. The van der Waals surface area contributed by atoms with Crippen molar-refractivity contribution in [1.29, 1.82) is 0 Å². The highest BCUT2D eigenvalue weighted by molar-refractivity contribution is 5.91. The lowest BCUT2D eigenvalue weighted by Crippen LogP contribution is -2.01. The van der Waals surface area contributed by atoms with Gasteiger partial charge in [0.25, 0.3) is 0 Å². The predicted octanol–water partition coefficient (Wildman–Crippen LogP) is 15.4. The average Bonchev–Trinajstić information content (AvgIpc) is 3.74. The molecule has 0 aliphatic heterocycles. The molecular formula is C59H43N3. The largest absolute Gasteiger partial charge is 0.208 e. The van der Waals surface area contributed by atoms with Crippen LogP contribution in [0.5, 0.6) is 0 Å². The highest BCUT2D eigenvalue weighted by Crippen LogP contribution is 2.46. The van der Waals surface area contributed by atoms with Crippen LogP contribution in [0.15, 0.2) is 224 Å². The molecule has 0 amide bonds. The number of rotatable bonds is 8. The van der Waals surface area contributed by atoms with Crippen molar-refractivity contribution in [2.24, 2.45) is 0 Å². The number of hydrogen-bond acceptors (Lipinski definition) is 3. The Morgan fingerprint density at radius 1 is 0.226 bits per heavy atom. The van der Waals surface area contributed by atoms with Crippen LogP contribution in [0.25, 0.3) is 101 Å². The molecule has 3 heteroatoms. The van der Waals surface area contributed by atoms with Gasteiger partial charge in [-0.15, -0.1) is 0 Å². The molecule has 0 unspecified atom stereocenters. The van der Waals surface area contributed by atoms with Crippen LogP contribution in [0.3, 0.4) is 0 Å². The normalized spacial score (nSPS) is 11.4. The molecule has 0 radical (unpaired) electrons. The van der Waals surface area contributed by atoms with Crippen molar-refractivity contribution in [3.8, 4) is 101 Å². The number of aromatic nitrogens is 3. The van der Waals surface area contributed by atoms with Crippen LogP contribution < -0.4 is 0 Å². The Balaban J connectivity index is 0.00000458. The first-order chi connectivity index (χ1) is 30.2. The Kier molecular flexibility index (Phi) is 10.2. The van der Waals surface area contributed by atoms with Gasteiger partial charge in [-0.2, -0.15) is 0 Å². The quantitative estimate of drug-likeness (QED) is 0.154. The van der Waals surface area contributed by atoms with Crippen molar-refractivity contribution in [3.05, 3.63) is 236 Å². The summed E-state index contributed by atoms with van der Waals surface area (Å²) < 4.78 is 0. The molecule has 1 aromatic heterocycles. The molecule has 9 aromatic carbocycles. The Bertz CT molecular complexity index is 3180. The van der Waals surface area contributed by atoms with Gasteiger partial charge in [-0.05, 0) is 109 Å². The first-order valence-electron chi connectivity index (χ1n) is 20.8. The van der Waals surface area contributed by atoms with E-state index in [1.54, 1.807) is 0 Å². The molecule has 294 valence electrons. The zero-order chi connectivity index (χ0) is 40.5. The van der Waals surface area contributed by atoms with Gasteiger partial charge in [0.05, 0.1) is 0 Å². The molecule has 1 aliphatic rings. The third-order valence-corrected chi connectivity index (χ3v) is 11.8. The van der Waals surface area contributed by atoms with Crippen molar-refractivity contribution < 1.29 is 0 Å². The summed E-state index contributed by atoms with van der Waals surface area (Å²) in [6.45, 7) is 0. The van der Waals surface area contributed by atoms with Gasteiger partial charge in [-0.25, -0.2) is 15.0 Å². The van der Waals surface area contributed by atoms with E-state index in [4.69, 9.17) is 15.0 Å². The minimum atomic E-state index is 0. The fourth-order valence-corrected chi connectivity index (χ4v) is 8.78. The standard InChI is InChI=1S/C58H39N3.CH4/c1-5-16-39(17-6-1)42-30-32-43(33-31-42)50-26-14-28-52-53-29-15-27-51(55(53)38-54(50)52)48-35-47(41-20-9-3-10-21-41)36-49(37-48)58-60-56(44-22-11-4-12-23-44)59-57(61-58)46-25-13-24-45(34-46)40-18-7-2-8-19-40;/h1-37H,38H2;1H4. The summed E-state index contributed by atoms with van der Waals surface area (Å²) in [5.74, 6) is 1.90. The van der Waals surface area contributed by atoms with Gasteiger partial charge in [-0.3, -0.25) is 0 Å². The summed E-state index contributed by atoms with van der Waals surface area (Å²) >= 11 is 0. The maximum atomic E-state index is 5.26. The highest BCUT2D eigenvalue weighted by atomic mass is 15.0. The molecule has 0 bridgehead atoms. The smallest absolute Gasteiger partial charge is 0.164 e. The van der Waals surface area contributed by atoms with Crippen LogP contribution in [0.2, 0.25) is 0 Å². The molecule has 1 heterocycles. The maximum Gasteiger partial charge on any atom is 0.164 e. The predicted molar refractivity (Wildman–Crippen MR) is 258 cm³/mol. The molecule has 0 N–H and O–H groups in total. The Morgan fingerprint density at radius 2 is 0.565 bits per heavy atom. The molecule has 0 spiro atoms. The van der Waals surface area contributed by atoms with Crippen LogP contribution in [0, 0.1) is 0 Å². The molecule has 0 saturated carbocycles. The number of benzene rings is 9. The zero-order valence-electron chi connectivity index (χ0n) is 33.4. The topological polar surface area (TPSA) is 38.7 Å². The van der Waals surface area contributed by atoms with Crippen molar-refractivity contribution in [2.75, 3.05) is 0 Å². The summed E-state index contributed by atoms with van der Waals surface area (Å²) in [6.07, 6.45) is 0.841. The van der Waals surface area contributed by atoms with Crippen LogP contribution in [-0.2, 0) is 6.42 Å². The lowest BCUT2D eigenvalue weighted by molar-refractivity contribution is 1.07. The molecule has 10 aromatic rings. The third-order valence-electron chi connectivity index (χ3n) is 11.8. The van der Waals surface area contributed by atoms with E-state index >= 15 is 0 Å². The molecule has 3 nitrogen and oxygen atoms in total. The zero-order valence-corrected chi connectivity index (χ0v) is 33.4. The van der Waals surface area contributed by atoms with Crippen LogP contribution in [-0.4, -0.2) is 15.0 Å². The first-order valence-corrected chi connectivity index (χ1v) is 20.8. The van der Waals surface area contributed by atoms with E-state index in [-0.39, 0.29) is 7.43 Å². The summed E-state index contributed by atoms with van der Waals surface area (Å²) in [6, 6.07) is 79.6. The van der Waals surface area contributed by atoms with Crippen molar-refractivity contribution in [3.63, 3.8) is 0 Å². The van der Waals surface area contributed by atoms with Crippen LogP contribution >= 0.6 is 0 Å². The van der Waals surface area contributed by atoms with Crippen LogP contribution in [0.4, 0.5) is 0 Å². The Morgan fingerprint density at radius 3 is 1.15 bits per heavy atom. The van der Waals surface area contributed by atoms with E-state index in [2.05, 4.69) is 200 Å². The number of nitrogens with zero attached hydrogens (tertiary/aromatic N) is 3.